The molecular formula is C26H26N4O2S. The Balaban J connectivity index is 1.36. The molecule has 0 bridgehead atoms. The number of hydrogen-bond acceptors (Lipinski definition) is 5. The molecule has 1 aromatic heterocycles. The fourth-order valence-corrected chi connectivity index (χ4v) is 5.67. The minimum atomic E-state index is -3.51. The number of aryl methyl sites for hydroxylation is 1. The number of aromatic nitrogens is 2. The van der Waals surface area contributed by atoms with Gasteiger partial charge in [0.1, 0.15) is 0 Å². The molecule has 0 amide bonds. The SMILES string of the molecule is Cc1ccc(S(=O)(=O)N2CCCN(c3nccc(-c4ccc5ccccc5c4)n3)CC2)cc1. The first-order valence-electron chi connectivity index (χ1n) is 11.1. The summed E-state index contributed by atoms with van der Waals surface area (Å²) in [5.74, 6) is 0.634. The standard InChI is InChI=1S/C26H26N4O2S/c1-20-7-11-24(12-8-20)33(31,32)30-16-4-15-29(17-18-30)26-27-14-13-25(28-26)23-10-9-21-5-2-3-6-22(21)19-23/h2-3,5-14,19H,4,15-18H2,1H3. The van der Waals surface area contributed by atoms with Crippen LogP contribution in [0.1, 0.15) is 12.0 Å². The Kier molecular flexibility index (Phi) is 5.83. The van der Waals surface area contributed by atoms with Crippen molar-refractivity contribution in [2.24, 2.45) is 0 Å². The van der Waals surface area contributed by atoms with Crippen molar-refractivity contribution < 1.29 is 8.42 Å². The smallest absolute Gasteiger partial charge is 0.243 e. The molecule has 0 radical (unpaired) electrons. The number of nitrogens with zero attached hydrogens (tertiary/aromatic N) is 4. The molecule has 168 valence electrons. The summed E-state index contributed by atoms with van der Waals surface area (Å²) >= 11 is 0. The summed E-state index contributed by atoms with van der Waals surface area (Å²) in [5.41, 5.74) is 2.94. The van der Waals surface area contributed by atoms with Gasteiger partial charge in [-0.3, -0.25) is 0 Å². The van der Waals surface area contributed by atoms with Gasteiger partial charge in [0.05, 0.1) is 10.6 Å². The highest BCUT2D eigenvalue weighted by atomic mass is 32.2. The van der Waals surface area contributed by atoms with Crippen LogP contribution in [-0.2, 0) is 10.0 Å². The fraction of sp³-hybridized carbons (Fsp3) is 0.231. The number of hydrogen-bond donors (Lipinski definition) is 0. The summed E-state index contributed by atoms with van der Waals surface area (Å²) in [4.78, 5) is 11.7. The Bertz CT molecular complexity index is 1390. The van der Waals surface area contributed by atoms with Crippen LogP contribution < -0.4 is 4.90 Å². The fourth-order valence-electron chi connectivity index (χ4n) is 4.20. The summed E-state index contributed by atoms with van der Waals surface area (Å²) in [6, 6.07) is 23.5. The molecule has 0 unspecified atom stereocenters. The van der Waals surface area contributed by atoms with Gasteiger partial charge in [0.15, 0.2) is 0 Å². The third-order valence-corrected chi connectivity index (χ3v) is 8.00. The van der Waals surface area contributed by atoms with Crippen molar-refractivity contribution in [3.05, 3.63) is 84.6 Å². The normalized spacial score (nSPS) is 15.5. The maximum Gasteiger partial charge on any atom is 0.243 e. The van der Waals surface area contributed by atoms with E-state index in [1.807, 2.05) is 37.3 Å². The van der Waals surface area contributed by atoms with Crippen LogP contribution in [0.25, 0.3) is 22.0 Å². The Labute approximate surface area is 194 Å². The minimum absolute atomic E-state index is 0.344. The molecule has 0 aliphatic carbocycles. The van der Waals surface area contributed by atoms with Gasteiger partial charge in [0.25, 0.3) is 0 Å². The average molecular weight is 459 g/mol. The molecule has 5 rings (SSSR count). The zero-order valence-electron chi connectivity index (χ0n) is 18.6. The molecule has 6 nitrogen and oxygen atoms in total. The van der Waals surface area contributed by atoms with Crippen LogP contribution >= 0.6 is 0 Å². The van der Waals surface area contributed by atoms with Gasteiger partial charge in [-0.25, -0.2) is 18.4 Å². The largest absolute Gasteiger partial charge is 0.339 e. The summed E-state index contributed by atoms with van der Waals surface area (Å²) in [5, 5.41) is 2.36. The molecule has 1 aliphatic rings. The van der Waals surface area contributed by atoms with Crippen LogP contribution in [0.2, 0.25) is 0 Å². The molecule has 0 spiro atoms. The second-order valence-electron chi connectivity index (χ2n) is 8.36. The van der Waals surface area contributed by atoms with Gasteiger partial charge < -0.3 is 4.90 Å². The summed E-state index contributed by atoms with van der Waals surface area (Å²) in [6.45, 7) is 4.09. The molecule has 1 aliphatic heterocycles. The molecule has 0 saturated carbocycles. The van der Waals surface area contributed by atoms with Gasteiger partial charge in [-0.1, -0.05) is 54.1 Å². The Morgan fingerprint density at radius 1 is 0.818 bits per heavy atom. The minimum Gasteiger partial charge on any atom is -0.339 e. The number of benzene rings is 3. The predicted octanol–water partition coefficient (Wildman–Crippen LogP) is 4.51. The molecule has 0 N–H and O–H groups in total. The predicted molar refractivity (Wildman–Crippen MR) is 132 cm³/mol. The van der Waals surface area contributed by atoms with Gasteiger partial charge in [0, 0.05) is 37.9 Å². The van der Waals surface area contributed by atoms with Crippen LogP contribution in [0, 0.1) is 6.92 Å². The van der Waals surface area contributed by atoms with Crippen molar-refractivity contribution in [2.45, 2.75) is 18.2 Å². The zero-order chi connectivity index (χ0) is 22.8. The lowest BCUT2D eigenvalue weighted by Crippen LogP contribution is -2.35. The summed E-state index contributed by atoms with van der Waals surface area (Å²) in [7, 11) is -3.51. The van der Waals surface area contributed by atoms with Crippen molar-refractivity contribution in [3.63, 3.8) is 0 Å². The van der Waals surface area contributed by atoms with E-state index in [1.54, 1.807) is 22.6 Å². The van der Waals surface area contributed by atoms with Crippen LogP contribution in [-0.4, -0.2) is 48.9 Å². The quantitative estimate of drug-likeness (QED) is 0.450. The molecule has 3 aromatic carbocycles. The van der Waals surface area contributed by atoms with Crippen LogP contribution in [0.4, 0.5) is 5.95 Å². The lowest BCUT2D eigenvalue weighted by Gasteiger charge is -2.22. The van der Waals surface area contributed by atoms with E-state index in [4.69, 9.17) is 4.98 Å². The van der Waals surface area contributed by atoms with Gasteiger partial charge in [-0.2, -0.15) is 4.31 Å². The van der Waals surface area contributed by atoms with E-state index in [2.05, 4.69) is 40.2 Å². The van der Waals surface area contributed by atoms with E-state index in [9.17, 15) is 8.42 Å². The topological polar surface area (TPSA) is 66.4 Å². The Morgan fingerprint density at radius 2 is 1.61 bits per heavy atom. The third kappa shape index (κ3) is 4.47. The van der Waals surface area contributed by atoms with Gasteiger partial charge in [-0.05, 0) is 48.4 Å². The number of anilines is 1. The summed E-state index contributed by atoms with van der Waals surface area (Å²) in [6.07, 6.45) is 2.49. The maximum atomic E-state index is 13.1. The Hall–Kier alpha value is -3.29. The van der Waals surface area contributed by atoms with E-state index in [0.29, 0.717) is 43.4 Å². The average Bonchev–Trinajstić information content (AvgIpc) is 3.11. The third-order valence-electron chi connectivity index (χ3n) is 6.08. The molecule has 0 atom stereocenters. The monoisotopic (exact) mass is 458 g/mol. The Morgan fingerprint density at radius 3 is 2.42 bits per heavy atom. The highest BCUT2D eigenvalue weighted by Gasteiger charge is 2.27. The van der Waals surface area contributed by atoms with Crippen molar-refractivity contribution in [1.82, 2.24) is 14.3 Å². The second-order valence-corrected chi connectivity index (χ2v) is 10.3. The van der Waals surface area contributed by atoms with Crippen LogP contribution in [0.15, 0.2) is 83.9 Å². The van der Waals surface area contributed by atoms with Crippen LogP contribution in [0.5, 0.6) is 0 Å². The lowest BCUT2D eigenvalue weighted by molar-refractivity contribution is 0.433. The molecule has 1 fully saturated rings. The van der Waals surface area contributed by atoms with Gasteiger partial charge >= 0.3 is 0 Å². The zero-order valence-corrected chi connectivity index (χ0v) is 19.4. The first-order chi connectivity index (χ1) is 16.0. The highest BCUT2D eigenvalue weighted by Crippen LogP contribution is 2.25. The van der Waals surface area contributed by atoms with E-state index < -0.39 is 10.0 Å². The molecule has 33 heavy (non-hydrogen) atoms. The first kappa shape index (κ1) is 21.6. The number of fused-ring (bicyclic) bond motifs is 1. The number of sulfonamides is 1. The van der Waals surface area contributed by atoms with Crippen LogP contribution in [0.3, 0.4) is 0 Å². The van der Waals surface area contributed by atoms with E-state index in [-0.39, 0.29) is 0 Å². The lowest BCUT2D eigenvalue weighted by atomic mass is 10.1. The van der Waals surface area contributed by atoms with Gasteiger partial charge in [-0.15, -0.1) is 0 Å². The molecule has 1 saturated heterocycles. The highest BCUT2D eigenvalue weighted by molar-refractivity contribution is 7.89. The van der Waals surface area contributed by atoms with E-state index in [1.165, 1.54) is 10.8 Å². The molecular weight excluding hydrogens is 432 g/mol. The van der Waals surface area contributed by atoms with Crippen molar-refractivity contribution in [3.8, 4) is 11.3 Å². The second kappa shape index (κ2) is 8.92. The van der Waals surface area contributed by atoms with E-state index >= 15 is 0 Å². The maximum absolute atomic E-state index is 13.1. The van der Waals surface area contributed by atoms with Crippen molar-refractivity contribution >= 4 is 26.7 Å². The molecule has 2 heterocycles. The van der Waals surface area contributed by atoms with Crippen molar-refractivity contribution in [2.75, 3.05) is 31.1 Å². The first-order valence-corrected chi connectivity index (χ1v) is 12.6. The van der Waals surface area contributed by atoms with Gasteiger partial charge in [0.2, 0.25) is 16.0 Å². The summed E-state index contributed by atoms with van der Waals surface area (Å²) < 4.78 is 27.8. The van der Waals surface area contributed by atoms with E-state index in [0.717, 1.165) is 16.8 Å². The molecule has 7 heteroatoms. The van der Waals surface area contributed by atoms with Crippen molar-refractivity contribution in [1.29, 1.82) is 0 Å². The molecule has 4 aromatic rings. The number of rotatable bonds is 4.